The van der Waals surface area contributed by atoms with E-state index in [2.05, 4.69) is 0 Å². The highest BCUT2D eigenvalue weighted by molar-refractivity contribution is 5.89. The fourth-order valence-electron chi connectivity index (χ4n) is 3.07. The summed E-state index contributed by atoms with van der Waals surface area (Å²) in [5.74, 6) is -0.509. The minimum atomic E-state index is -0.737. The quantitative estimate of drug-likeness (QED) is 0.581. The molecule has 28 heavy (non-hydrogen) atoms. The van der Waals surface area contributed by atoms with E-state index >= 15 is 0 Å². The van der Waals surface area contributed by atoms with Crippen LogP contribution in [-0.2, 0) is 16.1 Å². The molecule has 0 fully saturated rings. The Labute approximate surface area is 166 Å². The van der Waals surface area contributed by atoms with Crippen LogP contribution in [0.25, 0.3) is 0 Å². The Bertz CT molecular complexity index is 782. The third-order valence-electron chi connectivity index (χ3n) is 4.77. The van der Waals surface area contributed by atoms with Gasteiger partial charge in [0.15, 0.2) is 0 Å². The molecule has 2 rings (SSSR count). The molecule has 1 N–H and O–H groups in total. The van der Waals surface area contributed by atoms with Gasteiger partial charge >= 0.3 is 11.9 Å². The minimum Gasteiger partial charge on any atom is -0.489 e. The molecule has 2 aromatic rings. The van der Waals surface area contributed by atoms with Crippen molar-refractivity contribution >= 4 is 11.9 Å². The predicted molar refractivity (Wildman–Crippen MR) is 108 cm³/mol. The maximum Gasteiger partial charge on any atom is 0.338 e. The van der Waals surface area contributed by atoms with Crippen molar-refractivity contribution in [2.75, 3.05) is 6.61 Å². The normalized spacial score (nSPS) is 12.8. The lowest BCUT2D eigenvalue weighted by Gasteiger charge is -2.17. The van der Waals surface area contributed by atoms with E-state index in [4.69, 9.17) is 9.47 Å². The first kappa shape index (κ1) is 21.5. The van der Waals surface area contributed by atoms with Gasteiger partial charge in [0.1, 0.15) is 12.4 Å². The van der Waals surface area contributed by atoms with E-state index in [-0.39, 0.29) is 17.8 Å². The number of carboxylic acids is 1. The smallest absolute Gasteiger partial charge is 0.338 e. The van der Waals surface area contributed by atoms with E-state index in [9.17, 15) is 14.7 Å². The van der Waals surface area contributed by atoms with Crippen molar-refractivity contribution < 1.29 is 24.2 Å². The molecular formula is C23H28O5. The first-order valence-corrected chi connectivity index (χ1v) is 9.66. The van der Waals surface area contributed by atoms with Crippen LogP contribution in [0.4, 0.5) is 0 Å². The lowest BCUT2D eigenvalue weighted by Crippen LogP contribution is -2.15. The molecule has 0 radical (unpaired) electrons. The van der Waals surface area contributed by atoms with Gasteiger partial charge in [-0.2, -0.15) is 0 Å². The first-order valence-electron chi connectivity index (χ1n) is 9.66. The molecule has 2 aromatic carbocycles. The fourth-order valence-corrected chi connectivity index (χ4v) is 3.07. The zero-order chi connectivity index (χ0) is 20.5. The van der Waals surface area contributed by atoms with Gasteiger partial charge in [-0.3, -0.25) is 4.79 Å². The van der Waals surface area contributed by atoms with Crippen molar-refractivity contribution in [2.45, 2.75) is 46.1 Å². The van der Waals surface area contributed by atoms with Crippen molar-refractivity contribution in [2.24, 2.45) is 5.92 Å². The molecule has 0 aliphatic rings. The highest BCUT2D eigenvalue weighted by atomic mass is 16.5. The number of hydrogen-bond acceptors (Lipinski definition) is 4. The van der Waals surface area contributed by atoms with E-state index in [0.717, 1.165) is 16.9 Å². The van der Waals surface area contributed by atoms with Crippen molar-refractivity contribution in [1.29, 1.82) is 0 Å². The summed E-state index contributed by atoms with van der Waals surface area (Å²) in [4.78, 5) is 23.0. The molecule has 0 amide bonds. The van der Waals surface area contributed by atoms with Gasteiger partial charge in [-0.15, -0.1) is 0 Å². The molecule has 0 heterocycles. The Hall–Kier alpha value is -2.82. The van der Waals surface area contributed by atoms with Crippen LogP contribution in [0.15, 0.2) is 48.5 Å². The number of carboxylic acid groups (broad SMARTS) is 1. The second-order valence-electron chi connectivity index (χ2n) is 6.86. The van der Waals surface area contributed by atoms with E-state index < -0.39 is 5.97 Å². The molecular weight excluding hydrogens is 356 g/mol. The summed E-state index contributed by atoms with van der Waals surface area (Å²) in [6.07, 6.45) is 1.25. The van der Waals surface area contributed by atoms with Gasteiger partial charge in [-0.1, -0.05) is 38.1 Å². The Balaban J connectivity index is 1.95. The van der Waals surface area contributed by atoms with Crippen LogP contribution >= 0.6 is 0 Å². The summed E-state index contributed by atoms with van der Waals surface area (Å²) in [6.45, 7) is 6.41. The standard InChI is InChI=1S/C23H28O5/c1-4-18(22(24)25)13-16(3)19-9-11-21(12-10-19)28-15-17-7-6-8-20(14-17)23(26)27-5-2/h6-12,14,16,18H,4-5,13,15H2,1-3H3,(H,24,25). The summed E-state index contributed by atoms with van der Waals surface area (Å²) in [5, 5.41) is 9.23. The third-order valence-corrected chi connectivity index (χ3v) is 4.77. The van der Waals surface area contributed by atoms with E-state index in [1.807, 2.05) is 50.2 Å². The van der Waals surface area contributed by atoms with Crippen LogP contribution in [-0.4, -0.2) is 23.7 Å². The Morgan fingerprint density at radius 1 is 1.07 bits per heavy atom. The Kier molecular flexibility index (Phi) is 8.05. The second-order valence-corrected chi connectivity index (χ2v) is 6.86. The van der Waals surface area contributed by atoms with Crippen molar-refractivity contribution in [3.05, 3.63) is 65.2 Å². The van der Waals surface area contributed by atoms with E-state index in [0.29, 0.717) is 31.6 Å². The van der Waals surface area contributed by atoms with E-state index in [1.165, 1.54) is 0 Å². The molecule has 5 nitrogen and oxygen atoms in total. The van der Waals surface area contributed by atoms with Crippen molar-refractivity contribution in [3.8, 4) is 5.75 Å². The van der Waals surface area contributed by atoms with Gasteiger partial charge in [0.25, 0.3) is 0 Å². The molecule has 0 aliphatic carbocycles. The maximum absolute atomic E-state index is 11.8. The average molecular weight is 384 g/mol. The minimum absolute atomic E-state index is 0.163. The SMILES string of the molecule is CCOC(=O)c1cccc(COc2ccc(C(C)CC(CC)C(=O)O)cc2)c1. The highest BCUT2D eigenvalue weighted by Crippen LogP contribution is 2.27. The number of carbonyl (C=O) groups is 2. The lowest BCUT2D eigenvalue weighted by molar-refractivity contribution is -0.142. The number of benzene rings is 2. The molecule has 5 heteroatoms. The average Bonchev–Trinajstić information content (AvgIpc) is 2.70. The molecule has 0 saturated carbocycles. The predicted octanol–water partition coefficient (Wildman–Crippen LogP) is 5.05. The largest absolute Gasteiger partial charge is 0.489 e. The molecule has 0 spiro atoms. The summed E-state index contributed by atoms with van der Waals surface area (Å²) >= 11 is 0. The van der Waals surface area contributed by atoms with Crippen LogP contribution in [0.1, 0.15) is 61.0 Å². The molecule has 2 unspecified atom stereocenters. The Morgan fingerprint density at radius 2 is 1.79 bits per heavy atom. The molecule has 0 aliphatic heterocycles. The van der Waals surface area contributed by atoms with Gasteiger partial charge < -0.3 is 14.6 Å². The van der Waals surface area contributed by atoms with Crippen LogP contribution in [0, 0.1) is 5.92 Å². The zero-order valence-corrected chi connectivity index (χ0v) is 16.7. The van der Waals surface area contributed by atoms with Gasteiger partial charge in [0, 0.05) is 0 Å². The number of rotatable bonds is 10. The number of carbonyl (C=O) groups excluding carboxylic acids is 1. The maximum atomic E-state index is 11.8. The number of hydrogen-bond donors (Lipinski definition) is 1. The number of aliphatic carboxylic acids is 1. The van der Waals surface area contributed by atoms with E-state index in [1.54, 1.807) is 19.1 Å². The number of ether oxygens (including phenoxy) is 2. The molecule has 150 valence electrons. The van der Waals surface area contributed by atoms with Crippen LogP contribution in [0.5, 0.6) is 5.75 Å². The van der Waals surface area contributed by atoms with Crippen LogP contribution < -0.4 is 4.74 Å². The van der Waals surface area contributed by atoms with Crippen LogP contribution in [0.2, 0.25) is 0 Å². The topological polar surface area (TPSA) is 72.8 Å². The summed E-state index contributed by atoms with van der Waals surface area (Å²) in [5.41, 5.74) is 2.49. The summed E-state index contributed by atoms with van der Waals surface area (Å²) in [6, 6.07) is 14.9. The molecule has 2 atom stereocenters. The van der Waals surface area contributed by atoms with Crippen LogP contribution in [0.3, 0.4) is 0 Å². The first-order chi connectivity index (χ1) is 13.4. The van der Waals surface area contributed by atoms with Gasteiger partial charge in [-0.25, -0.2) is 4.79 Å². The monoisotopic (exact) mass is 384 g/mol. The zero-order valence-electron chi connectivity index (χ0n) is 16.7. The summed E-state index contributed by atoms with van der Waals surface area (Å²) in [7, 11) is 0. The highest BCUT2D eigenvalue weighted by Gasteiger charge is 2.19. The molecule has 0 aromatic heterocycles. The van der Waals surface area contributed by atoms with Crippen molar-refractivity contribution in [3.63, 3.8) is 0 Å². The lowest BCUT2D eigenvalue weighted by atomic mass is 9.89. The van der Waals surface area contributed by atoms with Crippen molar-refractivity contribution in [1.82, 2.24) is 0 Å². The Morgan fingerprint density at radius 3 is 2.39 bits per heavy atom. The summed E-state index contributed by atoms with van der Waals surface area (Å²) < 4.78 is 10.8. The number of esters is 1. The van der Waals surface area contributed by atoms with Gasteiger partial charge in [-0.05, 0) is 61.1 Å². The second kappa shape index (κ2) is 10.5. The molecule has 0 saturated heterocycles. The third kappa shape index (κ3) is 6.12. The fraction of sp³-hybridized carbons (Fsp3) is 0.391. The van der Waals surface area contributed by atoms with Gasteiger partial charge in [0.2, 0.25) is 0 Å². The van der Waals surface area contributed by atoms with Gasteiger partial charge in [0.05, 0.1) is 18.1 Å². The molecule has 0 bridgehead atoms.